The van der Waals surface area contributed by atoms with Crippen molar-refractivity contribution in [3.8, 4) is 6.07 Å². The van der Waals surface area contributed by atoms with Gasteiger partial charge in [-0.05, 0) is 31.1 Å². The van der Waals surface area contributed by atoms with E-state index in [1.165, 1.54) is 0 Å². The first-order chi connectivity index (χ1) is 8.19. The lowest BCUT2D eigenvalue weighted by Gasteiger charge is -2.18. The first kappa shape index (κ1) is 13.7. The summed E-state index contributed by atoms with van der Waals surface area (Å²) in [5.74, 6) is 0. The Morgan fingerprint density at radius 2 is 1.94 bits per heavy atom. The van der Waals surface area contributed by atoms with E-state index in [2.05, 4.69) is 11.4 Å². The van der Waals surface area contributed by atoms with Crippen LogP contribution in [0.5, 0.6) is 0 Å². The van der Waals surface area contributed by atoms with Crippen LogP contribution in [0.25, 0.3) is 0 Å². The number of aliphatic hydroxyl groups excluding tert-OH is 2. The topological polar surface area (TPSA) is 76.3 Å². The first-order valence-corrected chi connectivity index (χ1v) is 5.65. The number of rotatable bonds is 6. The van der Waals surface area contributed by atoms with Crippen LogP contribution >= 0.6 is 0 Å². The fraction of sp³-hybridized carbons (Fsp3) is 0.462. The Labute approximate surface area is 102 Å². The molecule has 0 saturated heterocycles. The van der Waals surface area contributed by atoms with E-state index in [1.54, 1.807) is 31.3 Å². The predicted molar refractivity (Wildman–Crippen MR) is 65.3 cm³/mol. The van der Waals surface area contributed by atoms with Gasteiger partial charge in [-0.1, -0.05) is 24.3 Å². The molecule has 0 fully saturated rings. The molecule has 1 rings (SSSR count). The van der Waals surface area contributed by atoms with Crippen LogP contribution in [-0.2, 0) is 6.42 Å². The van der Waals surface area contributed by atoms with Gasteiger partial charge in [-0.15, -0.1) is 0 Å². The third-order valence-corrected chi connectivity index (χ3v) is 2.66. The number of nitrogens with zero attached hydrogens (tertiary/aromatic N) is 1. The molecule has 0 bridgehead atoms. The smallest absolute Gasteiger partial charge is 0.105 e. The second-order valence-electron chi connectivity index (χ2n) is 3.98. The van der Waals surface area contributed by atoms with Gasteiger partial charge >= 0.3 is 0 Å². The molecule has 2 atom stereocenters. The van der Waals surface area contributed by atoms with Crippen molar-refractivity contribution in [3.05, 3.63) is 35.4 Å². The van der Waals surface area contributed by atoms with E-state index in [4.69, 9.17) is 5.26 Å². The van der Waals surface area contributed by atoms with Crippen LogP contribution in [0.4, 0.5) is 0 Å². The standard InChI is InChI=1S/C13H18N2O2/c1-15-9-7-12(16)13(17)11-4-2-10(3-5-11)6-8-14/h2-5,12-13,15-17H,6-7,9H2,1H3. The van der Waals surface area contributed by atoms with Crippen molar-refractivity contribution in [2.24, 2.45) is 0 Å². The van der Waals surface area contributed by atoms with E-state index >= 15 is 0 Å². The van der Waals surface area contributed by atoms with Gasteiger partial charge in [0.15, 0.2) is 0 Å². The quantitative estimate of drug-likeness (QED) is 0.679. The molecule has 3 N–H and O–H groups in total. The molecule has 0 radical (unpaired) electrons. The monoisotopic (exact) mass is 234 g/mol. The summed E-state index contributed by atoms with van der Waals surface area (Å²) in [6.45, 7) is 0.657. The zero-order chi connectivity index (χ0) is 12.7. The maximum Gasteiger partial charge on any atom is 0.105 e. The molecule has 0 aliphatic rings. The van der Waals surface area contributed by atoms with Crippen molar-refractivity contribution >= 4 is 0 Å². The minimum atomic E-state index is -0.875. The van der Waals surface area contributed by atoms with Crippen LogP contribution in [0.1, 0.15) is 23.7 Å². The summed E-state index contributed by atoms with van der Waals surface area (Å²) in [6, 6.07) is 9.16. The van der Waals surface area contributed by atoms with Gasteiger partial charge < -0.3 is 15.5 Å². The SMILES string of the molecule is CNCCC(O)C(O)c1ccc(CC#N)cc1. The Kier molecular flexibility index (Phi) is 5.64. The number of hydrogen-bond acceptors (Lipinski definition) is 4. The van der Waals surface area contributed by atoms with Gasteiger partial charge in [-0.2, -0.15) is 5.26 Å². The normalized spacial score (nSPS) is 14.0. The van der Waals surface area contributed by atoms with Crippen molar-refractivity contribution in [1.29, 1.82) is 5.26 Å². The highest BCUT2D eigenvalue weighted by Gasteiger charge is 2.17. The van der Waals surface area contributed by atoms with Crippen LogP contribution < -0.4 is 5.32 Å². The van der Waals surface area contributed by atoms with Crippen LogP contribution in [0.2, 0.25) is 0 Å². The maximum absolute atomic E-state index is 9.89. The summed E-state index contributed by atoms with van der Waals surface area (Å²) < 4.78 is 0. The highest BCUT2D eigenvalue weighted by Crippen LogP contribution is 2.19. The summed E-state index contributed by atoms with van der Waals surface area (Å²) in [7, 11) is 1.80. The third kappa shape index (κ3) is 4.16. The molecule has 0 aromatic heterocycles. The number of aliphatic hydroxyl groups is 2. The van der Waals surface area contributed by atoms with Gasteiger partial charge in [0.2, 0.25) is 0 Å². The molecule has 4 nitrogen and oxygen atoms in total. The Hall–Kier alpha value is -1.41. The van der Waals surface area contributed by atoms with Crippen LogP contribution in [0.15, 0.2) is 24.3 Å². The lowest BCUT2D eigenvalue weighted by Crippen LogP contribution is -2.23. The van der Waals surface area contributed by atoms with Crippen LogP contribution in [0, 0.1) is 11.3 Å². The molecule has 0 spiro atoms. The van der Waals surface area contributed by atoms with Gasteiger partial charge in [-0.25, -0.2) is 0 Å². The van der Waals surface area contributed by atoms with Gasteiger partial charge in [0.25, 0.3) is 0 Å². The maximum atomic E-state index is 9.89. The Bertz CT molecular complexity index is 370. The molecular weight excluding hydrogens is 216 g/mol. The number of benzene rings is 1. The van der Waals surface area contributed by atoms with Gasteiger partial charge in [0.1, 0.15) is 6.10 Å². The molecule has 0 aliphatic heterocycles. The molecule has 2 unspecified atom stereocenters. The van der Waals surface area contributed by atoms with E-state index in [1.807, 2.05) is 0 Å². The molecule has 1 aromatic carbocycles. The number of hydrogen-bond donors (Lipinski definition) is 3. The van der Waals surface area contributed by atoms with E-state index in [0.717, 1.165) is 5.56 Å². The molecular formula is C13H18N2O2. The molecule has 17 heavy (non-hydrogen) atoms. The molecule has 0 heterocycles. The lowest BCUT2D eigenvalue weighted by atomic mass is 10.0. The second kappa shape index (κ2) is 7.02. The highest BCUT2D eigenvalue weighted by atomic mass is 16.3. The minimum Gasteiger partial charge on any atom is -0.390 e. The first-order valence-electron chi connectivity index (χ1n) is 5.65. The van der Waals surface area contributed by atoms with Crippen molar-refractivity contribution in [1.82, 2.24) is 5.32 Å². The molecule has 0 aliphatic carbocycles. The molecule has 92 valence electrons. The third-order valence-electron chi connectivity index (χ3n) is 2.66. The summed E-state index contributed by atoms with van der Waals surface area (Å²) in [5, 5.41) is 31.1. The average molecular weight is 234 g/mol. The van der Waals surface area contributed by atoms with Gasteiger partial charge in [-0.3, -0.25) is 0 Å². The summed E-state index contributed by atoms with van der Waals surface area (Å²) in [5.41, 5.74) is 1.59. The predicted octanol–water partition coefficient (Wildman–Crippen LogP) is 0.756. The number of nitriles is 1. The van der Waals surface area contributed by atoms with Crippen molar-refractivity contribution in [2.75, 3.05) is 13.6 Å². The fourth-order valence-corrected chi connectivity index (χ4v) is 1.60. The van der Waals surface area contributed by atoms with Crippen molar-refractivity contribution < 1.29 is 10.2 Å². The van der Waals surface area contributed by atoms with E-state index in [-0.39, 0.29) is 0 Å². The number of nitrogens with one attached hydrogen (secondary N) is 1. The highest BCUT2D eigenvalue weighted by molar-refractivity contribution is 5.26. The van der Waals surface area contributed by atoms with Gasteiger partial charge in [0.05, 0.1) is 18.6 Å². The molecule has 0 amide bonds. The second-order valence-corrected chi connectivity index (χ2v) is 3.98. The van der Waals surface area contributed by atoms with E-state index in [9.17, 15) is 10.2 Å². The lowest BCUT2D eigenvalue weighted by molar-refractivity contribution is 0.0140. The Morgan fingerprint density at radius 1 is 1.29 bits per heavy atom. The largest absolute Gasteiger partial charge is 0.390 e. The zero-order valence-corrected chi connectivity index (χ0v) is 9.93. The van der Waals surface area contributed by atoms with Crippen LogP contribution in [-0.4, -0.2) is 29.9 Å². The van der Waals surface area contributed by atoms with Crippen LogP contribution in [0.3, 0.4) is 0 Å². The van der Waals surface area contributed by atoms with Crippen molar-refractivity contribution in [2.45, 2.75) is 25.0 Å². The van der Waals surface area contributed by atoms with E-state index in [0.29, 0.717) is 24.9 Å². The van der Waals surface area contributed by atoms with Crippen molar-refractivity contribution in [3.63, 3.8) is 0 Å². The Morgan fingerprint density at radius 3 is 2.47 bits per heavy atom. The molecule has 0 saturated carbocycles. The summed E-state index contributed by atoms with van der Waals surface area (Å²) in [4.78, 5) is 0. The zero-order valence-electron chi connectivity index (χ0n) is 9.93. The summed E-state index contributed by atoms with van der Waals surface area (Å²) in [6.07, 6.45) is -0.792. The molecule has 4 heteroatoms. The Balaban J connectivity index is 2.62. The van der Waals surface area contributed by atoms with E-state index < -0.39 is 12.2 Å². The average Bonchev–Trinajstić information content (AvgIpc) is 2.36. The fourth-order valence-electron chi connectivity index (χ4n) is 1.60. The summed E-state index contributed by atoms with van der Waals surface area (Å²) >= 11 is 0. The minimum absolute atomic E-state index is 0.360. The molecule has 1 aromatic rings. The van der Waals surface area contributed by atoms with Gasteiger partial charge in [0, 0.05) is 0 Å².